The Morgan fingerprint density at radius 2 is 2.15 bits per heavy atom. The fourth-order valence-corrected chi connectivity index (χ4v) is 2.76. The molecule has 0 bridgehead atoms. The van der Waals surface area contributed by atoms with Crippen LogP contribution in [0.2, 0.25) is 4.34 Å². The van der Waals surface area contributed by atoms with Crippen LogP contribution < -0.4 is 5.32 Å². The van der Waals surface area contributed by atoms with Crippen molar-refractivity contribution < 1.29 is 9.59 Å². The van der Waals surface area contributed by atoms with E-state index < -0.39 is 0 Å². The van der Waals surface area contributed by atoms with Crippen molar-refractivity contribution in [1.82, 2.24) is 9.78 Å². The highest BCUT2D eigenvalue weighted by molar-refractivity contribution is 7.18. The molecule has 0 radical (unpaired) electrons. The Hall–Kier alpha value is -1.66. The molecule has 0 unspecified atom stereocenters. The van der Waals surface area contributed by atoms with Gasteiger partial charge in [0.2, 0.25) is 5.91 Å². The van der Waals surface area contributed by atoms with Gasteiger partial charge >= 0.3 is 0 Å². The topological polar surface area (TPSA) is 64.0 Å². The lowest BCUT2D eigenvalue weighted by Gasteiger charge is -2.04. The molecular formula is C13H14ClN3O2S. The first-order valence-corrected chi connectivity index (χ1v) is 7.24. The third-order valence-corrected chi connectivity index (χ3v) is 3.97. The number of nitrogens with zero attached hydrogens (tertiary/aromatic N) is 2. The van der Waals surface area contributed by atoms with Gasteiger partial charge in [-0.05, 0) is 19.1 Å². The van der Waals surface area contributed by atoms with Crippen LogP contribution in [0.3, 0.4) is 0 Å². The van der Waals surface area contributed by atoms with Crippen LogP contribution in [-0.4, -0.2) is 21.5 Å². The van der Waals surface area contributed by atoms with Crippen molar-refractivity contribution in [3.05, 3.63) is 33.1 Å². The van der Waals surface area contributed by atoms with E-state index in [1.807, 2.05) is 6.92 Å². The average molecular weight is 312 g/mol. The number of aromatic nitrogens is 2. The molecule has 0 atom stereocenters. The minimum Gasteiger partial charge on any atom is -0.311 e. The van der Waals surface area contributed by atoms with E-state index in [-0.39, 0.29) is 24.5 Å². The van der Waals surface area contributed by atoms with Gasteiger partial charge in [-0.3, -0.25) is 14.3 Å². The zero-order chi connectivity index (χ0) is 14.7. The fraction of sp³-hybridized carbons (Fsp3) is 0.308. The highest BCUT2D eigenvalue weighted by Crippen LogP contribution is 2.23. The van der Waals surface area contributed by atoms with E-state index in [1.165, 1.54) is 11.3 Å². The molecule has 0 saturated heterocycles. The number of thiophene rings is 1. The van der Waals surface area contributed by atoms with Crippen LogP contribution in [0.25, 0.3) is 0 Å². The van der Waals surface area contributed by atoms with Crippen LogP contribution in [0, 0.1) is 6.92 Å². The number of carbonyl (C=O) groups is 2. The number of carbonyl (C=O) groups excluding carboxylic acids is 2. The maximum atomic E-state index is 11.8. The monoisotopic (exact) mass is 311 g/mol. The minimum atomic E-state index is -0.205. The van der Waals surface area contributed by atoms with Gasteiger partial charge in [-0.25, -0.2) is 0 Å². The molecule has 0 saturated carbocycles. The second kappa shape index (κ2) is 6.19. The van der Waals surface area contributed by atoms with Gasteiger partial charge < -0.3 is 5.32 Å². The number of rotatable bonds is 5. The predicted molar refractivity (Wildman–Crippen MR) is 79.5 cm³/mol. The maximum Gasteiger partial charge on any atom is 0.225 e. The number of anilines is 1. The number of hydrogen-bond donors (Lipinski definition) is 1. The molecule has 2 heterocycles. The number of hydrogen-bond acceptors (Lipinski definition) is 4. The maximum absolute atomic E-state index is 11.8. The van der Waals surface area contributed by atoms with Gasteiger partial charge in [0.1, 0.15) is 5.82 Å². The van der Waals surface area contributed by atoms with E-state index in [2.05, 4.69) is 10.4 Å². The molecule has 1 N–H and O–H groups in total. The van der Waals surface area contributed by atoms with Crippen LogP contribution in [0.15, 0.2) is 18.2 Å². The molecule has 20 heavy (non-hydrogen) atoms. The molecule has 0 aliphatic rings. The van der Waals surface area contributed by atoms with Gasteiger partial charge in [-0.15, -0.1) is 11.3 Å². The van der Waals surface area contributed by atoms with Crippen molar-refractivity contribution in [2.24, 2.45) is 7.05 Å². The van der Waals surface area contributed by atoms with Crippen molar-refractivity contribution in [3.63, 3.8) is 0 Å². The van der Waals surface area contributed by atoms with Crippen LogP contribution in [0.4, 0.5) is 5.82 Å². The Balaban J connectivity index is 1.86. The summed E-state index contributed by atoms with van der Waals surface area (Å²) in [6.07, 6.45) is 0.304. The molecule has 2 aromatic heterocycles. The number of Topliss-reactive ketones (excluding diaryl/α,β-unsaturated/α-hetero) is 1. The number of amides is 1. The molecule has 0 aliphatic heterocycles. The van der Waals surface area contributed by atoms with E-state index in [0.717, 1.165) is 5.69 Å². The molecule has 0 spiro atoms. The summed E-state index contributed by atoms with van der Waals surface area (Å²) in [6, 6.07) is 5.13. The van der Waals surface area contributed by atoms with E-state index >= 15 is 0 Å². The van der Waals surface area contributed by atoms with E-state index in [9.17, 15) is 9.59 Å². The normalized spacial score (nSPS) is 10.6. The summed E-state index contributed by atoms with van der Waals surface area (Å²) >= 11 is 7.00. The van der Waals surface area contributed by atoms with Gasteiger partial charge in [0, 0.05) is 26.0 Å². The van der Waals surface area contributed by atoms with E-state index in [1.54, 1.807) is 29.9 Å². The first kappa shape index (κ1) is 14.7. The predicted octanol–water partition coefficient (Wildman–Crippen LogP) is 3.05. The third kappa shape index (κ3) is 3.68. The van der Waals surface area contributed by atoms with Crippen molar-refractivity contribution >= 4 is 40.4 Å². The van der Waals surface area contributed by atoms with Gasteiger partial charge in [0.15, 0.2) is 5.78 Å². The SMILES string of the molecule is Cc1cc(NC(=O)CCC(=O)c2ccc(Cl)s2)n(C)n1. The largest absolute Gasteiger partial charge is 0.311 e. The quantitative estimate of drug-likeness (QED) is 0.863. The molecule has 2 aromatic rings. The van der Waals surface area contributed by atoms with Crippen molar-refractivity contribution in [1.29, 1.82) is 0 Å². The number of ketones is 1. The van der Waals surface area contributed by atoms with Crippen LogP contribution in [0.1, 0.15) is 28.2 Å². The van der Waals surface area contributed by atoms with Gasteiger partial charge in [0.25, 0.3) is 0 Å². The van der Waals surface area contributed by atoms with Crippen LogP contribution in [-0.2, 0) is 11.8 Å². The van der Waals surface area contributed by atoms with Crippen molar-refractivity contribution in [3.8, 4) is 0 Å². The Morgan fingerprint density at radius 3 is 2.70 bits per heavy atom. The summed E-state index contributed by atoms with van der Waals surface area (Å²) < 4.78 is 2.16. The highest BCUT2D eigenvalue weighted by atomic mass is 35.5. The highest BCUT2D eigenvalue weighted by Gasteiger charge is 2.12. The number of aryl methyl sites for hydroxylation is 2. The fourth-order valence-electron chi connectivity index (χ4n) is 1.75. The minimum absolute atomic E-state index is 0.0711. The molecule has 7 heteroatoms. The molecule has 106 valence electrons. The first-order valence-electron chi connectivity index (χ1n) is 6.05. The van der Waals surface area contributed by atoms with Gasteiger partial charge in [-0.2, -0.15) is 5.10 Å². The zero-order valence-corrected chi connectivity index (χ0v) is 12.7. The average Bonchev–Trinajstić information content (AvgIpc) is 2.93. The second-order valence-corrected chi connectivity index (χ2v) is 6.08. The lowest BCUT2D eigenvalue weighted by molar-refractivity contribution is -0.116. The van der Waals surface area contributed by atoms with Crippen molar-refractivity contribution in [2.45, 2.75) is 19.8 Å². The van der Waals surface area contributed by atoms with E-state index in [0.29, 0.717) is 15.0 Å². The number of nitrogens with one attached hydrogen (secondary N) is 1. The van der Waals surface area contributed by atoms with Crippen molar-refractivity contribution in [2.75, 3.05) is 5.32 Å². The zero-order valence-electron chi connectivity index (χ0n) is 11.1. The third-order valence-electron chi connectivity index (χ3n) is 2.70. The molecule has 5 nitrogen and oxygen atoms in total. The molecule has 1 amide bonds. The molecular weight excluding hydrogens is 298 g/mol. The number of halogens is 1. The standard InChI is InChI=1S/C13H14ClN3O2S/c1-8-7-12(17(2)16-8)15-13(19)6-3-9(18)10-4-5-11(14)20-10/h4-5,7H,3,6H2,1-2H3,(H,15,19). The summed E-state index contributed by atoms with van der Waals surface area (Å²) in [5, 5.41) is 6.86. The summed E-state index contributed by atoms with van der Waals surface area (Å²) in [4.78, 5) is 24.2. The van der Waals surface area contributed by atoms with Gasteiger partial charge in [0.05, 0.1) is 14.9 Å². The Labute approximate surface area is 125 Å². The Morgan fingerprint density at radius 1 is 1.40 bits per heavy atom. The lowest BCUT2D eigenvalue weighted by atomic mass is 10.2. The van der Waals surface area contributed by atoms with Gasteiger partial charge in [-0.1, -0.05) is 11.6 Å². The second-order valence-electron chi connectivity index (χ2n) is 4.37. The molecule has 2 rings (SSSR count). The Kier molecular flexibility index (Phi) is 4.57. The molecule has 0 aromatic carbocycles. The summed E-state index contributed by atoms with van der Waals surface area (Å²) in [5.74, 6) is 0.348. The molecule has 0 aliphatic carbocycles. The summed E-state index contributed by atoms with van der Waals surface area (Å²) in [5.41, 5.74) is 0.826. The lowest BCUT2D eigenvalue weighted by Crippen LogP contribution is -2.15. The Bertz CT molecular complexity index is 648. The molecule has 0 fully saturated rings. The van der Waals surface area contributed by atoms with Crippen LogP contribution >= 0.6 is 22.9 Å². The summed E-state index contributed by atoms with van der Waals surface area (Å²) in [7, 11) is 1.75. The van der Waals surface area contributed by atoms with E-state index in [4.69, 9.17) is 11.6 Å². The smallest absolute Gasteiger partial charge is 0.225 e. The summed E-state index contributed by atoms with van der Waals surface area (Å²) in [6.45, 7) is 1.85. The van der Waals surface area contributed by atoms with Crippen LogP contribution in [0.5, 0.6) is 0 Å². The first-order chi connectivity index (χ1) is 9.45.